The summed E-state index contributed by atoms with van der Waals surface area (Å²) in [6.45, 7) is 5.85. The van der Waals surface area contributed by atoms with E-state index in [0.717, 1.165) is 11.1 Å². The van der Waals surface area contributed by atoms with Gasteiger partial charge >= 0.3 is 23.9 Å². The molecule has 0 radical (unpaired) electrons. The Morgan fingerprint density at radius 1 is 0.569 bits per heavy atom. The van der Waals surface area contributed by atoms with Gasteiger partial charge in [-0.15, -0.1) is 0 Å². The SMILES string of the molecule is C[C@]12C=CC(=O)C=C1CC[C@@H]1[C@@H]2C(=O)C[C@@]2(C)[C@H]1CC[C@]2(O)C(=O)COC(=O)CCC(=O)OC(=O)CCC(=O)OCC(=O)[C@]1(O)CC[C@@H]2[C@H]3CCC4=CC(=O)C=C[C@@]4(C)[C@@H]3C(=O)C[C@]21C. The van der Waals surface area contributed by atoms with Gasteiger partial charge in [0.1, 0.15) is 22.8 Å². The molecule has 15 nitrogen and oxygen atoms in total. The van der Waals surface area contributed by atoms with E-state index in [-0.39, 0.29) is 84.3 Å². The fourth-order valence-corrected chi connectivity index (χ4v) is 14.3. The highest BCUT2D eigenvalue weighted by Crippen LogP contribution is 2.68. The number of carbonyl (C=O) groups excluding carboxylic acids is 10. The van der Waals surface area contributed by atoms with Gasteiger partial charge in [0.15, 0.2) is 24.8 Å². The van der Waals surface area contributed by atoms with Crippen LogP contribution in [0.2, 0.25) is 0 Å². The van der Waals surface area contributed by atoms with Gasteiger partial charge in [-0.25, -0.2) is 0 Å². The standard InChI is InChI=1S/C50H58O15/c1-45-17-13-29(51)21-27(45)5-7-31-33-15-19-49(61,47(33,3)23-35(53)43(31)45)37(55)25-63-39(57)9-11-41(59)65-42(60)12-10-40(58)64-26-38(56)50(62)20-16-34-32-8-6-28-22-30(52)14-18-46(28,2)44(32)36(54)24-48(34,50)4/h13-14,17-18,21-22,31-34,43-44,61-62H,5-12,15-16,19-20,23-26H2,1-4H3/t31-,32+,33-,34+,43+,44-,45-,46+,47-,48+,49-,50+. The Kier molecular flexibility index (Phi) is 11.7. The molecule has 15 heteroatoms. The smallest absolute Gasteiger partial charge is 0.314 e. The van der Waals surface area contributed by atoms with Gasteiger partial charge in [0.25, 0.3) is 0 Å². The maximum Gasteiger partial charge on any atom is 0.314 e. The third-order valence-corrected chi connectivity index (χ3v) is 17.8. The molecule has 0 heterocycles. The summed E-state index contributed by atoms with van der Waals surface area (Å²) in [6, 6.07) is 0. The zero-order chi connectivity index (χ0) is 47.1. The van der Waals surface area contributed by atoms with Crippen molar-refractivity contribution < 1.29 is 72.4 Å². The van der Waals surface area contributed by atoms with Gasteiger partial charge in [-0.1, -0.05) is 51.0 Å². The molecule has 8 aliphatic carbocycles. The third-order valence-electron chi connectivity index (χ3n) is 17.8. The van der Waals surface area contributed by atoms with E-state index in [4.69, 9.17) is 14.2 Å². The average molecular weight is 899 g/mol. The summed E-state index contributed by atoms with van der Waals surface area (Å²) in [7, 11) is 0. The molecule has 8 rings (SSSR count). The van der Waals surface area contributed by atoms with Crippen LogP contribution >= 0.6 is 0 Å². The second-order valence-corrected chi connectivity index (χ2v) is 20.9. The minimum absolute atomic E-state index is 0.0494. The van der Waals surface area contributed by atoms with E-state index in [1.807, 2.05) is 26.0 Å². The van der Waals surface area contributed by atoms with E-state index in [2.05, 4.69) is 0 Å². The van der Waals surface area contributed by atoms with Gasteiger partial charge < -0.3 is 24.4 Å². The van der Waals surface area contributed by atoms with E-state index in [1.54, 1.807) is 26.0 Å². The summed E-state index contributed by atoms with van der Waals surface area (Å²) in [5.74, 6) is -7.30. The summed E-state index contributed by atoms with van der Waals surface area (Å²) in [5, 5.41) is 23.8. The number of rotatable bonds is 12. The van der Waals surface area contributed by atoms with Crippen LogP contribution in [0.15, 0.2) is 47.6 Å². The first-order chi connectivity index (χ1) is 30.5. The van der Waals surface area contributed by atoms with Gasteiger partial charge in [0, 0.05) is 46.3 Å². The molecule has 0 aromatic carbocycles. The van der Waals surface area contributed by atoms with Gasteiger partial charge in [0.05, 0.1) is 25.7 Å². The number of hydrogen-bond acceptors (Lipinski definition) is 15. The van der Waals surface area contributed by atoms with Gasteiger partial charge in [-0.2, -0.15) is 0 Å². The van der Waals surface area contributed by atoms with Crippen molar-refractivity contribution >= 4 is 58.6 Å². The first kappa shape index (κ1) is 46.5. The second-order valence-electron chi connectivity index (χ2n) is 20.9. The normalized spacial score (nSPS) is 39.9. The largest absolute Gasteiger partial charge is 0.458 e. The first-order valence-electron chi connectivity index (χ1n) is 23.0. The number of esters is 4. The van der Waals surface area contributed by atoms with E-state index in [0.29, 0.717) is 38.5 Å². The molecule has 2 N–H and O–H groups in total. The molecule has 0 amide bonds. The fraction of sp³-hybridized carbons (Fsp3) is 0.640. The quantitative estimate of drug-likeness (QED) is 0.158. The monoisotopic (exact) mass is 898 g/mol. The first-order valence-corrected chi connectivity index (χ1v) is 23.0. The van der Waals surface area contributed by atoms with Crippen LogP contribution in [-0.2, 0) is 62.2 Å². The molecule has 6 saturated carbocycles. The molecule has 0 saturated heterocycles. The summed E-state index contributed by atoms with van der Waals surface area (Å²) in [6.07, 6.45) is 11.2. The Balaban J connectivity index is 0.758. The van der Waals surface area contributed by atoms with E-state index in [1.165, 1.54) is 12.2 Å². The van der Waals surface area contributed by atoms with E-state index in [9.17, 15) is 58.2 Å². The van der Waals surface area contributed by atoms with Crippen molar-refractivity contribution in [2.45, 2.75) is 129 Å². The highest BCUT2D eigenvalue weighted by molar-refractivity contribution is 6.03. The molecular weight excluding hydrogens is 841 g/mol. The average Bonchev–Trinajstić information content (AvgIpc) is 3.68. The molecule has 6 fully saturated rings. The van der Waals surface area contributed by atoms with Crippen molar-refractivity contribution in [2.24, 2.45) is 57.2 Å². The van der Waals surface area contributed by atoms with Crippen molar-refractivity contribution in [3.63, 3.8) is 0 Å². The number of fused-ring (bicyclic) bond motifs is 10. The van der Waals surface area contributed by atoms with Crippen molar-refractivity contribution in [1.82, 2.24) is 0 Å². The highest BCUT2D eigenvalue weighted by Gasteiger charge is 2.70. The number of allylic oxidation sites excluding steroid dienone is 8. The van der Waals surface area contributed by atoms with Crippen LogP contribution in [0.5, 0.6) is 0 Å². The molecule has 348 valence electrons. The predicted molar refractivity (Wildman–Crippen MR) is 225 cm³/mol. The molecule has 12 atom stereocenters. The maximum atomic E-state index is 13.9. The van der Waals surface area contributed by atoms with Crippen molar-refractivity contribution in [3.8, 4) is 0 Å². The van der Waals surface area contributed by atoms with Crippen molar-refractivity contribution in [2.75, 3.05) is 13.2 Å². The van der Waals surface area contributed by atoms with Crippen molar-refractivity contribution in [1.29, 1.82) is 0 Å². The fourth-order valence-electron chi connectivity index (χ4n) is 14.3. The number of aliphatic hydroxyl groups is 2. The van der Waals surface area contributed by atoms with Crippen LogP contribution < -0.4 is 0 Å². The Morgan fingerprint density at radius 2 is 0.938 bits per heavy atom. The third kappa shape index (κ3) is 7.39. The Hall–Kier alpha value is -5.02. The summed E-state index contributed by atoms with van der Waals surface area (Å²) >= 11 is 0. The number of ketones is 6. The Bertz CT molecular complexity index is 2160. The zero-order valence-corrected chi connectivity index (χ0v) is 37.4. The van der Waals surface area contributed by atoms with E-state index >= 15 is 0 Å². The summed E-state index contributed by atoms with van der Waals surface area (Å²) in [4.78, 5) is 129. The van der Waals surface area contributed by atoms with Crippen LogP contribution in [0, 0.1) is 57.2 Å². The topological polar surface area (TPSA) is 239 Å². The highest BCUT2D eigenvalue weighted by atomic mass is 16.6. The number of carbonyl (C=O) groups is 10. The Morgan fingerprint density at radius 3 is 1.32 bits per heavy atom. The predicted octanol–water partition coefficient (Wildman–Crippen LogP) is 4.28. The van der Waals surface area contributed by atoms with Crippen LogP contribution in [0.4, 0.5) is 0 Å². The molecule has 0 aromatic rings. The van der Waals surface area contributed by atoms with Gasteiger partial charge in [0.2, 0.25) is 11.6 Å². The molecular formula is C50H58O15. The number of ether oxygens (including phenoxy) is 3. The lowest BCUT2D eigenvalue weighted by Crippen LogP contribution is -2.60. The molecule has 0 aliphatic heterocycles. The van der Waals surface area contributed by atoms with E-state index < -0.39 is 107 Å². The summed E-state index contributed by atoms with van der Waals surface area (Å²) < 4.78 is 15.0. The van der Waals surface area contributed by atoms with Gasteiger partial charge in [-0.05, 0) is 99.3 Å². The zero-order valence-electron chi connectivity index (χ0n) is 37.4. The molecule has 0 unspecified atom stereocenters. The second kappa shape index (κ2) is 16.4. The minimum Gasteiger partial charge on any atom is -0.458 e. The molecule has 65 heavy (non-hydrogen) atoms. The summed E-state index contributed by atoms with van der Waals surface area (Å²) in [5.41, 5.74) is -5.42. The molecule has 8 aliphatic rings. The lowest BCUT2D eigenvalue weighted by molar-refractivity contribution is -0.172. The maximum absolute atomic E-state index is 13.9. The Labute approximate surface area is 376 Å². The number of hydrogen-bond donors (Lipinski definition) is 2. The van der Waals surface area contributed by atoms with Crippen molar-refractivity contribution in [3.05, 3.63) is 47.6 Å². The minimum atomic E-state index is -1.93. The van der Waals surface area contributed by atoms with Crippen LogP contribution in [-0.4, -0.2) is 93.2 Å². The van der Waals surface area contributed by atoms with Crippen LogP contribution in [0.1, 0.15) is 118 Å². The lowest BCUT2D eigenvalue weighted by Gasteiger charge is -2.56. The van der Waals surface area contributed by atoms with Crippen LogP contribution in [0.3, 0.4) is 0 Å². The number of Topliss-reactive ketones (excluding diaryl/α,β-unsaturated/α-hetero) is 4. The van der Waals surface area contributed by atoms with Crippen LogP contribution in [0.25, 0.3) is 0 Å². The molecule has 0 spiro atoms. The molecule has 0 bridgehead atoms. The lowest BCUT2D eigenvalue weighted by atomic mass is 9.46. The molecule has 0 aromatic heterocycles. The van der Waals surface area contributed by atoms with Gasteiger partial charge in [-0.3, -0.25) is 47.9 Å².